The lowest BCUT2D eigenvalue weighted by Crippen LogP contribution is -2.48. The van der Waals surface area contributed by atoms with Crippen LogP contribution in [0.4, 0.5) is 0 Å². The molecule has 0 aromatic heterocycles. The van der Waals surface area contributed by atoms with Crippen molar-refractivity contribution in [2.24, 2.45) is 5.92 Å². The Morgan fingerprint density at radius 1 is 1.44 bits per heavy atom. The van der Waals surface area contributed by atoms with Gasteiger partial charge in [0.2, 0.25) is 5.91 Å². The Balaban J connectivity index is 2.24. The summed E-state index contributed by atoms with van der Waals surface area (Å²) in [7, 11) is 1.32. The maximum absolute atomic E-state index is 11.3. The highest BCUT2D eigenvalue weighted by molar-refractivity contribution is 5.83. The normalized spacial score (nSPS) is 17.4. The van der Waals surface area contributed by atoms with Gasteiger partial charge >= 0.3 is 5.97 Å². The molecule has 1 amide bonds. The van der Waals surface area contributed by atoms with Crippen LogP contribution in [0.1, 0.15) is 26.2 Å². The summed E-state index contributed by atoms with van der Waals surface area (Å²) in [6.07, 6.45) is 3.82. The van der Waals surface area contributed by atoms with Gasteiger partial charge in [0.1, 0.15) is 6.04 Å². The Hall–Kier alpha value is -1.10. The maximum atomic E-state index is 11.3. The quantitative estimate of drug-likeness (QED) is 0.631. The first-order chi connectivity index (χ1) is 7.63. The monoisotopic (exact) mass is 228 g/mol. The van der Waals surface area contributed by atoms with E-state index < -0.39 is 12.0 Å². The molecule has 0 aromatic carbocycles. The summed E-state index contributed by atoms with van der Waals surface area (Å²) in [4.78, 5) is 22.2. The second-order valence-electron chi connectivity index (χ2n) is 4.23. The Morgan fingerprint density at radius 2 is 2.12 bits per heavy atom. The third-order valence-electron chi connectivity index (χ3n) is 2.87. The molecular weight excluding hydrogens is 208 g/mol. The number of nitrogens with one attached hydrogen (secondary N) is 2. The van der Waals surface area contributed by atoms with E-state index in [9.17, 15) is 9.59 Å². The first-order valence-electron chi connectivity index (χ1n) is 5.69. The molecule has 1 aliphatic carbocycles. The van der Waals surface area contributed by atoms with Crippen LogP contribution in [0.15, 0.2) is 0 Å². The van der Waals surface area contributed by atoms with Gasteiger partial charge in [0.15, 0.2) is 0 Å². The first-order valence-corrected chi connectivity index (χ1v) is 5.69. The van der Waals surface area contributed by atoms with Crippen molar-refractivity contribution in [1.29, 1.82) is 0 Å². The summed E-state index contributed by atoms with van der Waals surface area (Å²) in [5, 5.41) is 5.76. The second kappa shape index (κ2) is 6.48. The Labute approximate surface area is 95.9 Å². The zero-order chi connectivity index (χ0) is 12.0. The van der Waals surface area contributed by atoms with Crippen molar-refractivity contribution >= 4 is 11.9 Å². The molecule has 1 unspecified atom stereocenters. The van der Waals surface area contributed by atoms with E-state index in [2.05, 4.69) is 15.4 Å². The second-order valence-corrected chi connectivity index (χ2v) is 4.23. The highest BCUT2D eigenvalue weighted by Gasteiger charge is 2.21. The smallest absolute Gasteiger partial charge is 0.329 e. The van der Waals surface area contributed by atoms with Crippen LogP contribution in [0, 0.1) is 5.92 Å². The maximum Gasteiger partial charge on any atom is 0.329 e. The minimum absolute atomic E-state index is 0.221. The largest absolute Gasteiger partial charge is 0.467 e. The molecule has 92 valence electrons. The minimum atomic E-state index is -0.581. The summed E-state index contributed by atoms with van der Waals surface area (Å²) in [6.45, 7) is 2.73. The SMILES string of the molecule is COC(=O)C(CNCC1CCC1)NC(C)=O. The lowest BCUT2D eigenvalue weighted by Gasteiger charge is -2.26. The summed E-state index contributed by atoms with van der Waals surface area (Å²) in [5.41, 5.74) is 0. The van der Waals surface area contributed by atoms with E-state index in [1.54, 1.807) is 0 Å². The molecule has 0 spiro atoms. The summed E-state index contributed by atoms with van der Waals surface area (Å²) in [5.74, 6) is 0.104. The topological polar surface area (TPSA) is 67.4 Å². The fourth-order valence-corrected chi connectivity index (χ4v) is 1.71. The van der Waals surface area contributed by atoms with E-state index in [-0.39, 0.29) is 5.91 Å². The van der Waals surface area contributed by atoms with Crippen molar-refractivity contribution in [1.82, 2.24) is 10.6 Å². The average Bonchev–Trinajstić information content (AvgIpc) is 2.18. The number of carbonyl (C=O) groups excluding carboxylic acids is 2. The van der Waals surface area contributed by atoms with Crippen molar-refractivity contribution in [3.63, 3.8) is 0 Å². The van der Waals surface area contributed by atoms with E-state index in [0.29, 0.717) is 6.54 Å². The van der Waals surface area contributed by atoms with Gasteiger partial charge in [-0.1, -0.05) is 6.42 Å². The third-order valence-corrected chi connectivity index (χ3v) is 2.87. The minimum Gasteiger partial charge on any atom is -0.467 e. The van der Waals surface area contributed by atoms with E-state index in [1.807, 2.05) is 0 Å². The van der Waals surface area contributed by atoms with Crippen molar-refractivity contribution < 1.29 is 14.3 Å². The summed E-state index contributed by atoms with van der Waals surface area (Å²) >= 11 is 0. The number of methoxy groups -OCH3 is 1. The fraction of sp³-hybridized carbons (Fsp3) is 0.818. The van der Waals surface area contributed by atoms with Crippen LogP contribution in [0.2, 0.25) is 0 Å². The van der Waals surface area contributed by atoms with Crippen LogP contribution in [0.3, 0.4) is 0 Å². The van der Waals surface area contributed by atoms with Crippen LogP contribution >= 0.6 is 0 Å². The molecule has 1 saturated carbocycles. The number of carbonyl (C=O) groups is 2. The van der Waals surface area contributed by atoms with Crippen LogP contribution in [0.25, 0.3) is 0 Å². The molecule has 0 heterocycles. The fourth-order valence-electron chi connectivity index (χ4n) is 1.71. The molecule has 0 bridgehead atoms. The standard InChI is InChI=1S/C11H20N2O3/c1-8(14)13-10(11(15)16-2)7-12-6-9-4-3-5-9/h9-10,12H,3-7H2,1-2H3,(H,13,14). The number of hydrogen-bond acceptors (Lipinski definition) is 4. The van der Waals surface area contributed by atoms with E-state index in [4.69, 9.17) is 0 Å². The van der Waals surface area contributed by atoms with Gasteiger partial charge in [-0.15, -0.1) is 0 Å². The molecule has 16 heavy (non-hydrogen) atoms. The number of ether oxygens (including phenoxy) is 1. The predicted molar refractivity (Wildman–Crippen MR) is 59.8 cm³/mol. The number of amides is 1. The zero-order valence-electron chi connectivity index (χ0n) is 9.91. The molecule has 0 saturated heterocycles. The van der Waals surface area contributed by atoms with Crippen LogP contribution in [-0.4, -0.2) is 38.1 Å². The van der Waals surface area contributed by atoms with Crippen molar-refractivity contribution in [2.45, 2.75) is 32.2 Å². The van der Waals surface area contributed by atoms with E-state index >= 15 is 0 Å². The van der Waals surface area contributed by atoms with Gasteiger partial charge in [0.25, 0.3) is 0 Å². The molecule has 0 radical (unpaired) electrons. The average molecular weight is 228 g/mol. The molecule has 1 atom stereocenters. The van der Waals surface area contributed by atoms with E-state index in [0.717, 1.165) is 12.5 Å². The lowest BCUT2D eigenvalue weighted by atomic mass is 9.85. The van der Waals surface area contributed by atoms with Gasteiger partial charge in [0.05, 0.1) is 7.11 Å². The van der Waals surface area contributed by atoms with Crippen LogP contribution < -0.4 is 10.6 Å². The van der Waals surface area contributed by atoms with Crippen LogP contribution in [-0.2, 0) is 14.3 Å². The zero-order valence-corrected chi connectivity index (χ0v) is 9.91. The van der Waals surface area contributed by atoms with Gasteiger partial charge in [0, 0.05) is 13.5 Å². The molecule has 0 aliphatic heterocycles. The molecule has 1 rings (SSSR count). The highest BCUT2D eigenvalue weighted by atomic mass is 16.5. The van der Waals surface area contributed by atoms with Gasteiger partial charge in [-0.2, -0.15) is 0 Å². The van der Waals surface area contributed by atoms with Gasteiger partial charge in [-0.05, 0) is 25.3 Å². The highest BCUT2D eigenvalue weighted by Crippen LogP contribution is 2.24. The molecule has 1 aliphatic rings. The third kappa shape index (κ3) is 4.18. The summed E-state index contributed by atoms with van der Waals surface area (Å²) in [6, 6.07) is -0.581. The molecular formula is C11H20N2O3. The molecule has 5 heteroatoms. The molecule has 5 nitrogen and oxygen atoms in total. The van der Waals surface area contributed by atoms with Gasteiger partial charge in [-0.3, -0.25) is 4.79 Å². The first kappa shape index (κ1) is 13.0. The number of rotatable bonds is 6. The Kier molecular flexibility index (Phi) is 5.25. The Morgan fingerprint density at radius 3 is 2.56 bits per heavy atom. The summed E-state index contributed by atoms with van der Waals surface area (Å²) < 4.78 is 4.62. The lowest BCUT2D eigenvalue weighted by molar-refractivity contribution is -0.144. The van der Waals surface area contributed by atoms with Crippen LogP contribution in [0.5, 0.6) is 0 Å². The Bertz CT molecular complexity index is 252. The van der Waals surface area contributed by atoms with E-state index in [1.165, 1.54) is 33.3 Å². The number of esters is 1. The number of hydrogen-bond donors (Lipinski definition) is 2. The van der Waals surface area contributed by atoms with Gasteiger partial charge < -0.3 is 15.4 Å². The van der Waals surface area contributed by atoms with Crippen molar-refractivity contribution in [3.8, 4) is 0 Å². The van der Waals surface area contributed by atoms with Crippen molar-refractivity contribution in [2.75, 3.05) is 20.2 Å². The molecule has 1 fully saturated rings. The van der Waals surface area contributed by atoms with Crippen molar-refractivity contribution in [3.05, 3.63) is 0 Å². The predicted octanol–water partition coefficient (Wildman–Crippen LogP) is 0.0538. The molecule has 0 aromatic rings. The van der Waals surface area contributed by atoms with Gasteiger partial charge in [-0.25, -0.2) is 4.79 Å². The molecule has 2 N–H and O–H groups in total.